The molecule has 0 aromatic rings. The zero-order valence-corrected chi connectivity index (χ0v) is 10.9. The summed E-state index contributed by atoms with van der Waals surface area (Å²) in [5, 5.41) is 4.55. The zero-order valence-electron chi connectivity index (χ0n) is 9.27. The average Bonchev–Trinajstić information content (AvgIpc) is 2.80. The Hall–Kier alpha value is -0.530. The first-order valence-electron chi connectivity index (χ1n) is 5.02. The molecule has 0 atom stereocenters. The smallest absolute Gasteiger partial charge is 0.324 e. The molecule has 1 heterocycles. The van der Waals surface area contributed by atoms with E-state index in [0.29, 0.717) is 6.73 Å². The lowest BCUT2D eigenvalue weighted by Crippen LogP contribution is -2.27. The van der Waals surface area contributed by atoms with Crippen LogP contribution in [0.25, 0.3) is 0 Å². The summed E-state index contributed by atoms with van der Waals surface area (Å²) >= 11 is 3.16. The van der Waals surface area contributed by atoms with E-state index in [1.807, 2.05) is 6.20 Å². The highest BCUT2D eigenvalue weighted by atomic mass is 32.2. The molecule has 0 saturated heterocycles. The number of thioether (sulfide) groups is 1. The van der Waals surface area contributed by atoms with Gasteiger partial charge < -0.3 is 15.0 Å². The number of carbonyl (C=O) groups is 1. The predicted molar refractivity (Wildman–Crippen MR) is 68.9 cm³/mol. The first kappa shape index (κ1) is 13.5. The van der Waals surface area contributed by atoms with Gasteiger partial charge in [0.25, 0.3) is 0 Å². The molecule has 16 heavy (non-hydrogen) atoms. The van der Waals surface area contributed by atoms with E-state index in [9.17, 15) is 4.79 Å². The third kappa shape index (κ3) is 6.14. The quantitative estimate of drug-likeness (QED) is 0.537. The molecule has 0 aliphatic carbocycles. The number of hydrogen-bond acceptors (Lipinski definition) is 5. The molecule has 1 aliphatic heterocycles. The van der Waals surface area contributed by atoms with Gasteiger partial charge in [-0.3, -0.25) is 4.72 Å². The van der Waals surface area contributed by atoms with E-state index in [1.165, 1.54) is 11.9 Å². The Morgan fingerprint density at radius 2 is 2.56 bits per heavy atom. The van der Waals surface area contributed by atoms with Crippen LogP contribution in [-0.2, 0) is 4.74 Å². The fourth-order valence-corrected chi connectivity index (χ4v) is 2.27. The van der Waals surface area contributed by atoms with Gasteiger partial charge in [-0.1, -0.05) is 0 Å². The average molecular weight is 263 g/mol. The second kappa shape index (κ2) is 8.60. The van der Waals surface area contributed by atoms with E-state index in [0.717, 1.165) is 24.7 Å². The standard InChI is InChI=1S/C9H17N3O2S2/c1-10-9(13)11-16-5-2-4-14-7-12-3-6-15-8-12/h3,6H,2,4-5,7-8H2,1H3,(H2,10,11,13). The summed E-state index contributed by atoms with van der Waals surface area (Å²) in [5.74, 6) is 1.84. The normalized spacial score (nSPS) is 14.2. The number of ether oxygens (including phenoxy) is 1. The molecule has 5 nitrogen and oxygen atoms in total. The van der Waals surface area contributed by atoms with Gasteiger partial charge in [0.05, 0.1) is 5.88 Å². The predicted octanol–water partition coefficient (Wildman–Crippen LogP) is 1.41. The van der Waals surface area contributed by atoms with Crippen LogP contribution in [-0.4, -0.2) is 42.9 Å². The number of amides is 2. The van der Waals surface area contributed by atoms with Gasteiger partial charge in [-0.15, -0.1) is 11.8 Å². The molecule has 1 aliphatic rings. The highest BCUT2D eigenvalue weighted by Gasteiger charge is 2.03. The van der Waals surface area contributed by atoms with Crippen molar-refractivity contribution in [3.63, 3.8) is 0 Å². The van der Waals surface area contributed by atoms with E-state index in [1.54, 1.807) is 18.8 Å². The summed E-state index contributed by atoms with van der Waals surface area (Å²) in [6, 6.07) is -0.162. The fourth-order valence-electron chi connectivity index (χ4n) is 0.974. The highest BCUT2D eigenvalue weighted by molar-refractivity contribution is 8.02. The third-order valence-electron chi connectivity index (χ3n) is 1.79. The van der Waals surface area contributed by atoms with E-state index >= 15 is 0 Å². The van der Waals surface area contributed by atoms with Crippen LogP contribution in [0.1, 0.15) is 6.42 Å². The van der Waals surface area contributed by atoms with Crippen LogP contribution >= 0.6 is 23.7 Å². The molecule has 2 amide bonds. The molecule has 0 aromatic carbocycles. The van der Waals surface area contributed by atoms with Crippen molar-refractivity contribution >= 4 is 29.7 Å². The molecular formula is C9H17N3O2S2. The largest absolute Gasteiger partial charge is 0.361 e. The highest BCUT2D eigenvalue weighted by Crippen LogP contribution is 2.14. The molecule has 0 radical (unpaired) electrons. The van der Waals surface area contributed by atoms with E-state index < -0.39 is 0 Å². The number of rotatable bonds is 7. The summed E-state index contributed by atoms with van der Waals surface area (Å²) in [6.07, 6.45) is 2.96. The SMILES string of the molecule is CNC(=O)NSCCCOCN1C=CSC1. The Kier molecular flexibility index (Phi) is 7.28. The van der Waals surface area contributed by atoms with Crippen LogP contribution in [0.15, 0.2) is 11.6 Å². The Bertz CT molecular complexity index is 239. The maximum absolute atomic E-state index is 10.8. The van der Waals surface area contributed by atoms with Gasteiger partial charge in [0.15, 0.2) is 0 Å². The molecule has 0 fully saturated rings. The topological polar surface area (TPSA) is 53.6 Å². The lowest BCUT2D eigenvalue weighted by molar-refractivity contribution is 0.0653. The lowest BCUT2D eigenvalue weighted by Gasteiger charge is -2.14. The van der Waals surface area contributed by atoms with Gasteiger partial charge in [-0.05, 0) is 23.8 Å². The Morgan fingerprint density at radius 1 is 1.69 bits per heavy atom. The Morgan fingerprint density at radius 3 is 3.25 bits per heavy atom. The van der Waals surface area contributed by atoms with Gasteiger partial charge in [0, 0.05) is 25.6 Å². The van der Waals surface area contributed by atoms with Gasteiger partial charge >= 0.3 is 6.03 Å². The van der Waals surface area contributed by atoms with Crippen molar-refractivity contribution in [1.29, 1.82) is 0 Å². The minimum Gasteiger partial charge on any atom is -0.361 e. The summed E-state index contributed by atoms with van der Waals surface area (Å²) in [7, 11) is 1.60. The molecular weight excluding hydrogens is 246 g/mol. The molecule has 0 bridgehead atoms. The maximum atomic E-state index is 10.8. The first-order chi connectivity index (χ1) is 7.83. The van der Waals surface area contributed by atoms with Crippen molar-refractivity contribution in [1.82, 2.24) is 14.9 Å². The van der Waals surface area contributed by atoms with Crippen molar-refractivity contribution in [3.8, 4) is 0 Å². The molecule has 2 N–H and O–H groups in total. The molecule has 0 spiro atoms. The monoisotopic (exact) mass is 263 g/mol. The van der Waals surface area contributed by atoms with Crippen molar-refractivity contribution < 1.29 is 9.53 Å². The number of urea groups is 1. The maximum Gasteiger partial charge on any atom is 0.324 e. The number of carbonyl (C=O) groups excluding carboxylic acids is 1. The molecule has 0 unspecified atom stereocenters. The van der Waals surface area contributed by atoms with Gasteiger partial charge in [0.1, 0.15) is 6.73 Å². The minimum absolute atomic E-state index is 0.162. The van der Waals surface area contributed by atoms with Crippen LogP contribution in [0.4, 0.5) is 4.79 Å². The number of hydrogen-bond donors (Lipinski definition) is 2. The third-order valence-corrected chi connectivity index (χ3v) is 3.41. The van der Waals surface area contributed by atoms with Crippen molar-refractivity contribution in [2.24, 2.45) is 0 Å². The van der Waals surface area contributed by atoms with Crippen molar-refractivity contribution in [2.45, 2.75) is 6.42 Å². The summed E-state index contributed by atoms with van der Waals surface area (Å²) in [5.41, 5.74) is 0. The van der Waals surface area contributed by atoms with Gasteiger partial charge in [0.2, 0.25) is 0 Å². The summed E-state index contributed by atoms with van der Waals surface area (Å²) in [4.78, 5) is 12.9. The zero-order chi connectivity index (χ0) is 11.6. The minimum atomic E-state index is -0.162. The molecule has 0 aromatic heterocycles. The molecule has 1 rings (SSSR count). The Labute approximate surface area is 104 Å². The van der Waals surface area contributed by atoms with Gasteiger partial charge in [-0.2, -0.15) is 0 Å². The van der Waals surface area contributed by atoms with E-state index in [4.69, 9.17) is 4.74 Å². The fraction of sp³-hybridized carbons (Fsp3) is 0.667. The first-order valence-corrected chi connectivity index (χ1v) is 7.06. The molecule has 7 heteroatoms. The van der Waals surface area contributed by atoms with E-state index in [2.05, 4.69) is 20.3 Å². The van der Waals surface area contributed by atoms with Crippen molar-refractivity contribution in [3.05, 3.63) is 11.6 Å². The van der Waals surface area contributed by atoms with Crippen LogP contribution in [0.3, 0.4) is 0 Å². The molecule has 92 valence electrons. The summed E-state index contributed by atoms with van der Waals surface area (Å²) < 4.78 is 8.12. The van der Waals surface area contributed by atoms with E-state index in [-0.39, 0.29) is 6.03 Å². The van der Waals surface area contributed by atoms with Crippen LogP contribution in [0.5, 0.6) is 0 Å². The van der Waals surface area contributed by atoms with Crippen LogP contribution in [0.2, 0.25) is 0 Å². The Balaban J connectivity index is 1.81. The van der Waals surface area contributed by atoms with Crippen LogP contribution in [0, 0.1) is 0 Å². The number of nitrogens with zero attached hydrogens (tertiary/aromatic N) is 1. The lowest BCUT2D eigenvalue weighted by atomic mass is 10.5. The van der Waals surface area contributed by atoms with Crippen molar-refractivity contribution in [2.75, 3.05) is 32.0 Å². The number of nitrogens with one attached hydrogen (secondary N) is 2. The van der Waals surface area contributed by atoms with Gasteiger partial charge in [-0.25, -0.2) is 4.79 Å². The van der Waals surface area contributed by atoms with Crippen LogP contribution < -0.4 is 10.0 Å². The molecule has 0 saturated carbocycles. The summed E-state index contributed by atoms with van der Waals surface area (Å²) in [6.45, 7) is 1.37. The second-order valence-electron chi connectivity index (χ2n) is 3.09. The second-order valence-corrected chi connectivity index (χ2v) is 4.85.